The van der Waals surface area contributed by atoms with Crippen LogP contribution in [-0.4, -0.2) is 11.9 Å². The van der Waals surface area contributed by atoms with E-state index in [1.165, 1.54) is 0 Å². The van der Waals surface area contributed by atoms with Crippen molar-refractivity contribution < 1.29 is 4.79 Å². The van der Waals surface area contributed by atoms with Crippen LogP contribution in [0.25, 0.3) is 0 Å². The standard InChI is InChI=1S/C6H13N3O/c1-4(2)3-5(10)9-6(7)8/h4H,3H2,1-2H3,(H4,7,8,9,10). The van der Waals surface area contributed by atoms with Crippen LogP contribution in [0, 0.1) is 5.92 Å². The van der Waals surface area contributed by atoms with Crippen LogP contribution in [0.1, 0.15) is 20.3 Å². The Labute approximate surface area is 60.3 Å². The maximum absolute atomic E-state index is 10.7. The third-order valence-electron chi connectivity index (χ3n) is 0.837. The van der Waals surface area contributed by atoms with E-state index in [1.54, 1.807) is 0 Å². The number of amides is 1. The second-order valence-electron chi connectivity index (χ2n) is 2.53. The zero-order valence-corrected chi connectivity index (χ0v) is 6.29. The highest BCUT2D eigenvalue weighted by Gasteiger charge is 2.02. The first kappa shape index (κ1) is 8.94. The Morgan fingerprint density at radius 3 is 2.30 bits per heavy atom. The smallest absolute Gasteiger partial charge is 0.249 e. The number of aliphatic imine (C=N–C) groups is 1. The molecule has 1 amide bonds. The van der Waals surface area contributed by atoms with Crippen molar-refractivity contribution >= 4 is 11.9 Å². The molecular formula is C6H13N3O. The Bertz CT molecular complexity index is 147. The van der Waals surface area contributed by atoms with Crippen molar-refractivity contribution in [2.24, 2.45) is 22.4 Å². The highest BCUT2D eigenvalue weighted by Crippen LogP contribution is 1.99. The first-order valence-corrected chi connectivity index (χ1v) is 3.15. The van der Waals surface area contributed by atoms with E-state index in [1.807, 2.05) is 13.8 Å². The minimum absolute atomic E-state index is 0.161. The van der Waals surface area contributed by atoms with Crippen LogP contribution >= 0.6 is 0 Å². The molecule has 0 heterocycles. The molecule has 0 radical (unpaired) electrons. The average Bonchev–Trinajstić information content (AvgIpc) is 1.58. The third kappa shape index (κ3) is 5.08. The van der Waals surface area contributed by atoms with E-state index in [-0.39, 0.29) is 11.9 Å². The summed E-state index contributed by atoms with van der Waals surface area (Å²) in [6.07, 6.45) is 0.401. The van der Waals surface area contributed by atoms with Crippen LogP contribution in [0.15, 0.2) is 4.99 Å². The average molecular weight is 143 g/mol. The second-order valence-corrected chi connectivity index (χ2v) is 2.53. The van der Waals surface area contributed by atoms with Gasteiger partial charge in [-0.15, -0.1) is 0 Å². The first-order chi connectivity index (χ1) is 4.52. The molecule has 0 aliphatic heterocycles. The second kappa shape index (κ2) is 3.87. The lowest BCUT2D eigenvalue weighted by Gasteiger charge is -1.97. The van der Waals surface area contributed by atoms with Crippen molar-refractivity contribution in [1.29, 1.82) is 0 Å². The maximum atomic E-state index is 10.7. The van der Waals surface area contributed by atoms with Crippen molar-refractivity contribution in [2.45, 2.75) is 20.3 Å². The number of nitrogens with two attached hydrogens (primary N) is 2. The molecule has 0 rings (SSSR count). The van der Waals surface area contributed by atoms with E-state index >= 15 is 0 Å². The number of carbonyl (C=O) groups excluding carboxylic acids is 1. The van der Waals surface area contributed by atoms with Crippen LogP contribution in [-0.2, 0) is 4.79 Å². The fraction of sp³-hybridized carbons (Fsp3) is 0.667. The maximum Gasteiger partial charge on any atom is 0.249 e. The fourth-order valence-electron chi connectivity index (χ4n) is 0.539. The Morgan fingerprint density at radius 1 is 1.50 bits per heavy atom. The van der Waals surface area contributed by atoms with Crippen molar-refractivity contribution in [3.63, 3.8) is 0 Å². The van der Waals surface area contributed by atoms with Crippen molar-refractivity contribution in [3.05, 3.63) is 0 Å². The molecule has 0 atom stereocenters. The van der Waals surface area contributed by atoms with Gasteiger partial charge in [-0.05, 0) is 5.92 Å². The van der Waals surface area contributed by atoms with Crippen LogP contribution in [0.5, 0.6) is 0 Å². The molecule has 0 saturated heterocycles. The van der Waals surface area contributed by atoms with Crippen LogP contribution in [0.3, 0.4) is 0 Å². The van der Waals surface area contributed by atoms with Crippen molar-refractivity contribution in [1.82, 2.24) is 0 Å². The Kier molecular flexibility index (Phi) is 3.46. The summed E-state index contributed by atoms with van der Waals surface area (Å²) in [6, 6.07) is 0. The third-order valence-corrected chi connectivity index (χ3v) is 0.837. The van der Waals surface area contributed by atoms with E-state index in [9.17, 15) is 4.79 Å². The van der Waals surface area contributed by atoms with Gasteiger partial charge in [0.15, 0.2) is 5.96 Å². The lowest BCUT2D eigenvalue weighted by Crippen LogP contribution is -2.24. The molecule has 0 saturated carbocycles. The monoisotopic (exact) mass is 143 g/mol. The van der Waals surface area contributed by atoms with Crippen LogP contribution < -0.4 is 11.5 Å². The van der Waals surface area contributed by atoms with Gasteiger partial charge in [0.2, 0.25) is 5.91 Å². The van der Waals surface area contributed by atoms with Gasteiger partial charge in [0.05, 0.1) is 0 Å². The van der Waals surface area contributed by atoms with Gasteiger partial charge in [-0.1, -0.05) is 13.8 Å². The molecule has 0 unspecified atom stereocenters. The zero-order valence-electron chi connectivity index (χ0n) is 6.29. The van der Waals surface area contributed by atoms with Crippen LogP contribution in [0.4, 0.5) is 0 Å². The zero-order chi connectivity index (χ0) is 8.15. The number of guanidine groups is 1. The largest absolute Gasteiger partial charge is 0.370 e. The quantitative estimate of drug-likeness (QED) is 0.416. The summed E-state index contributed by atoms with van der Waals surface area (Å²) in [5, 5.41) is 0. The van der Waals surface area contributed by atoms with Crippen molar-refractivity contribution in [2.75, 3.05) is 0 Å². The van der Waals surface area contributed by atoms with Gasteiger partial charge in [0.25, 0.3) is 0 Å². The summed E-state index contributed by atoms with van der Waals surface area (Å²) in [7, 11) is 0. The predicted octanol–water partition coefficient (Wildman–Crippen LogP) is -0.167. The highest BCUT2D eigenvalue weighted by atomic mass is 16.1. The lowest BCUT2D eigenvalue weighted by molar-refractivity contribution is -0.118. The van der Waals surface area contributed by atoms with Gasteiger partial charge in [0.1, 0.15) is 0 Å². The number of carbonyl (C=O) groups is 1. The summed E-state index contributed by atoms with van der Waals surface area (Å²) < 4.78 is 0. The molecule has 0 spiro atoms. The number of hydrogen-bond acceptors (Lipinski definition) is 1. The molecule has 0 fully saturated rings. The first-order valence-electron chi connectivity index (χ1n) is 3.15. The fourth-order valence-corrected chi connectivity index (χ4v) is 0.539. The molecule has 0 aromatic carbocycles. The Morgan fingerprint density at radius 2 is 2.00 bits per heavy atom. The number of hydrogen-bond donors (Lipinski definition) is 2. The highest BCUT2D eigenvalue weighted by molar-refractivity contribution is 5.91. The van der Waals surface area contributed by atoms with Crippen molar-refractivity contribution in [3.8, 4) is 0 Å². The summed E-state index contributed by atoms with van der Waals surface area (Å²) in [4.78, 5) is 14.1. The van der Waals surface area contributed by atoms with Gasteiger partial charge in [-0.25, -0.2) is 0 Å². The molecule has 0 aliphatic carbocycles. The molecular weight excluding hydrogens is 130 g/mol. The SMILES string of the molecule is CC(C)CC(=O)N=C(N)N. The molecule has 4 nitrogen and oxygen atoms in total. The molecule has 0 aromatic heterocycles. The lowest BCUT2D eigenvalue weighted by atomic mass is 10.1. The molecule has 0 aliphatic rings. The summed E-state index contributed by atoms with van der Waals surface area (Å²) in [6.45, 7) is 3.86. The van der Waals surface area contributed by atoms with Gasteiger partial charge >= 0.3 is 0 Å². The molecule has 0 bridgehead atoms. The summed E-state index contributed by atoms with van der Waals surface area (Å²) >= 11 is 0. The van der Waals surface area contributed by atoms with Gasteiger partial charge in [-0.2, -0.15) is 4.99 Å². The molecule has 4 N–H and O–H groups in total. The predicted molar refractivity (Wildman–Crippen MR) is 40.3 cm³/mol. The Hall–Kier alpha value is -1.06. The summed E-state index contributed by atoms with van der Waals surface area (Å²) in [5.41, 5.74) is 9.95. The van der Waals surface area contributed by atoms with E-state index in [2.05, 4.69) is 4.99 Å². The minimum atomic E-state index is -0.255. The van der Waals surface area contributed by atoms with Gasteiger partial charge < -0.3 is 11.5 Å². The molecule has 10 heavy (non-hydrogen) atoms. The van der Waals surface area contributed by atoms with Crippen LogP contribution in [0.2, 0.25) is 0 Å². The topological polar surface area (TPSA) is 81.5 Å². The van der Waals surface area contributed by atoms with E-state index < -0.39 is 0 Å². The van der Waals surface area contributed by atoms with Gasteiger partial charge in [0, 0.05) is 6.42 Å². The van der Waals surface area contributed by atoms with E-state index in [4.69, 9.17) is 11.5 Å². The van der Waals surface area contributed by atoms with Gasteiger partial charge in [-0.3, -0.25) is 4.79 Å². The number of nitrogens with zero attached hydrogens (tertiary/aromatic N) is 1. The normalized spacial score (nSPS) is 9.50. The van der Waals surface area contributed by atoms with E-state index in [0.29, 0.717) is 12.3 Å². The summed E-state index contributed by atoms with van der Waals surface area (Å²) in [5.74, 6) is -0.115. The molecule has 0 aromatic rings. The minimum Gasteiger partial charge on any atom is -0.370 e. The Balaban J connectivity index is 3.76. The molecule has 58 valence electrons. The molecule has 4 heteroatoms. The number of rotatable bonds is 2. The van der Waals surface area contributed by atoms with E-state index in [0.717, 1.165) is 0 Å².